The first-order valence-corrected chi connectivity index (χ1v) is 32.9. The SMILES string of the molecule is CCCCCCCC/C=C\CCCCCCCCCCCC(=O)NC(COC1OC(CO)C(OC2OC(CO)C(OC3OC(CO)C(O)C(O)C3O)C(O)C2O)C(O)C1O)C(O)/C=C/CC/C=C/CC/C=C/CCCCCCCCCCCC. The van der Waals surface area contributed by atoms with Crippen LogP contribution in [0.15, 0.2) is 48.6 Å². The highest BCUT2D eigenvalue weighted by Crippen LogP contribution is 2.33. The molecule has 3 aliphatic rings. The molecule has 17 unspecified atom stereocenters. The van der Waals surface area contributed by atoms with Crippen molar-refractivity contribution in [2.45, 2.75) is 330 Å². The van der Waals surface area contributed by atoms with Crippen molar-refractivity contribution in [3.8, 4) is 0 Å². The Labute approximate surface area is 503 Å². The van der Waals surface area contributed by atoms with Gasteiger partial charge in [0.05, 0.1) is 38.6 Å². The first kappa shape index (κ1) is 76.0. The van der Waals surface area contributed by atoms with Gasteiger partial charge in [0, 0.05) is 6.42 Å². The van der Waals surface area contributed by atoms with E-state index in [1.54, 1.807) is 6.08 Å². The fourth-order valence-electron chi connectivity index (χ4n) is 10.9. The molecular formula is C65H117NO18. The standard InChI is InChI=1S/C65H117NO18/c1-3-5-7-9-11-13-15-17-19-21-23-25-26-28-30-32-34-36-38-40-42-49(70)48(66-53(71)43-41-39-37-35-33-31-29-27-24-22-20-18-16-14-12-10-8-6-4-2)47-79-63-59(77)56(74)61(51(45-68)81-63)84-65-60(78)57(75)62(52(46-69)82-65)83-64-58(76)55(73)54(72)50(44-67)80-64/h18,20,25-26,32,34,40,42,48-52,54-65,67-70,72-78H,3-17,19,21-24,27-31,33,35-39,41,43-47H2,1-2H3,(H,66,71)/b20-18-,26-25+,34-32+,42-40+. The van der Waals surface area contributed by atoms with E-state index in [0.717, 1.165) is 57.8 Å². The van der Waals surface area contributed by atoms with Gasteiger partial charge in [-0.05, 0) is 70.6 Å². The van der Waals surface area contributed by atoms with Gasteiger partial charge in [-0.25, -0.2) is 0 Å². The van der Waals surface area contributed by atoms with Crippen LogP contribution in [0.5, 0.6) is 0 Å². The lowest BCUT2D eigenvalue weighted by Crippen LogP contribution is -2.66. The van der Waals surface area contributed by atoms with Crippen LogP contribution in [0.25, 0.3) is 0 Å². The molecule has 0 spiro atoms. The van der Waals surface area contributed by atoms with Gasteiger partial charge >= 0.3 is 0 Å². The van der Waals surface area contributed by atoms with Crippen molar-refractivity contribution in [2.24, 2.45) is 0 Å². The monoisotopic (exact) mass is 1200 g/mol. The number of unbranched alkanes of at least 4 members (excludes halogenated alkanes) is 27. The number of carbonyl (C=O) groups excluding carboxylic acids is 1. The second-order valence-electron chi connectivity index (χ2n) is 23.6. The molecule has 19 heteroatoms. The van der Waals surface area contributed by atoms with Crippen LogP contribution in [0.2, 0.25) is 0 Å². The maximum absolute atomic E-state index is 13.4. The Kier molecular flexibility index (Phi) is 43.2. The molecule has 84 heavy (non-hydrogen) atoms. The van der Waals surface area contributed by atoms with Crippen molar-refractivity contribution in [2.75, 3.05) is 26.4 Å². The van der Waals surface area contributed by atoms with Crippen LogP contribution in [-0.4, -0.2) is 193 Å². The van der Waals surface area contributed by atoms with Gasteiger partial charge in [0.15, 0.2) is 18.9 Å². The third-order valence-electron chi connectivity index (χ3n) is 16.3. The van der Waals surface area contributed by atoms with E-state index in [9.17, 15) is 61.0 Å². The van der Waals surface area contributed by atoms with E-state index < -0.39 is 124 Å². The largest absolute Gasteiger partial charge is 0.394 e. The number of hydrogen-bond donors (Lipinski definition) is 12. The molecule has 0 bridgehead atoms. The number of aliphatic hydroxyl groups is 11. The first-order chi connectivity index (χ1) is 40.8. The molecule has 0 saturated carbocycles. The summed E-state index contributed by atoms with van der Waals surface area (Å²) in [6.45, 7) is 1.70. The molecule has 19 nitrogen and oxygen atoms in total. The van der Waals surface area contributed by atoms with E-state index in [-0.39, 0.29) is 18.9 Å². The Morgan fingerprint density at radius 2 is 0.762 bits per heavy atom. The van der Waals surface area contributed by atoms with E-state index in [2.05, 4.69) is 55.6 Å². The maximum Gasteiger partial charge on any atom is 0.220 e. The zero-order valence-electron chi connectivity index (χ0n) is 51.4. The van der Waals surface area contributed by atoms with Crippen molar-refractivity contribution < 1.29 is 89.4 Å². The molecule has 3 fully saturated rings. The van der Waals surface area contributed by atoms with Gasteiger partial charge in [0.1, 0.15) is 73.2 Å². The fraction of sp³-hybridized carbons (Fsp3) is 0.862. The Morgan fingerprint density at radius 1 is 0.417 bits per heavy atom. The molecule has 0 aromatic heterocycles. The summed E-state index contributed by atoms with van der Waals surface area (Å²) in [4.78, 5) is 13.4. The van der Waals surface area contributed by atoms with Gasteiger partial charge in [0.25, 0.3) is 0 Å². The van der Waals surface area contributed by atoms with Gasteiger partial charge < -0.3 is 89.9 Å². The summed E-state index contributed by atoms with van der Waals surface area (Å²) in [5.74, 6) is -0.292. The number of aliphatic hydroxyl groups excluding tert-OH is 11. The van der Waals surface area contributed by atoms with E-state index in [0.29, 0.717) is 12.8 Å². The molecule has 3 heterocycles. The van der Waals surface area contributed by atoms with Gasteiger partial charge in [-0.2, -0.15) is 0 Å². The highest BCUT2D eigenvalue weighted by molar-refractivity contribution is 5.76. The normalized spacial score (nSPS) is 29.5. The zero-order chi connectivity index (χ0) is 61.2. The summed E-state index contributed by atoms with van der Waals surface area (Å²) in [6.07, 6.45) is 28.0. The van der Waals surface area contributed by atoms with Crippen LogP contribution < -0.4 is 5.32 Å². The molecular weight excluding hydrogens is 1080 g/mol. The average molecular weight is 1200 g/mol. The highest BCUT2D eigenvalue weighted by atomic mass is 16.8. The lowest BCUT2D eigenvalue weighted by Gasteiger charge is -2.48. The Hall–Kier alpha value is -2.25. The Balaban J connectivity index is 1.49. The molecule has 3 aliphatic heterocycles. The summed E-state index contributed by atoms with van der Waals surface area (Å²) in [5, 5.41) is 120. The van der Waals surface area contributed by atoms with E-state index in [1.807, 2.05) is 6.08 Å². The van der Waals surface area contributed by atoms with Crippen molar-refractivity contribution in [3.63, 3.8) is 0 Å². The Bertz CT molecular complexity index is 1720. The third-order valence-corrected chi connectivity index (χ3v) is 16.3. The maximum atomic E-state index is 13.4. The van der Waals surface area contributed by atoms with Crippen molar-refractivity contribution in [1.29, 1.82) is 0 Å². The van der Waals surface area contributed by atoms with Crippen LogP contribution in [0.4, 0.5) is 0 Å². The van der Waals surface area contributed by atoms with Crippen LogP contribution >= 0.6 is 0 Å². The summed E-state index contributed by atoms with van der Waals surface area (Å²) >= 11 is 0. The van der Waals surface area contributed by atoms with Gasteiger partial charge in [0.2, 0.25) is 5.91 Å². The second-order valence-corrected chi connectivity index (χ2v) is 23.6. The smallest absolute Gasteiger partial charge is 0.220 e. The molecule has 0 radical (unpaired) electrons. The first-order valence-electron chi connectivity index (χ1n) is 32.9. The third kappa shape index (κ3) is 30.3. The summed E-state index contributed by atoms with van der Waals surface area (Å²) < 4.78 is 34.3. The minimum atomic E-state index is -1.98. The van der Waals surface area contributed by atoms with Crippen LogP contribution in [0.3, 0.4) is 0 Å². The number of nitrogens with one attached hydrogen (secondary N) is 1. The van der Waals surface area contributed by atoms with Crippen molar-refractivity contribution in [1.82, 2.24) is 5.32 Å². The average Bonchev–Trinajstić information content (AvgIpc) is 2.79. The predicted octanol–water partition coefficient (Wildman–Crippen LogP) is 7.43. The van der Waals surface area contributed by atoms with E-state index in [4.69, 9.17) is 28.4 Å². The molecule has 3 rings (SSSR count). The lowest BCUT2D eigenvalue weighted by atomic mass is 9.96. The number of allylic oxidation sites excluding steroid dienone is 7. The van der Waals surface area contributed by atoms with Crippen LogP contribution in [0.1, 0.15) is 226 Å². The van der Waals surface area contributed by atoms with E-state index in [1.165, 1.54) is 135 Å². The number of carbonyl (C=O) groups is 1. The molecule has 0 aromatic carbocycles. The van der Waals surface area contributed by atoms with Gasteiger partial charge in [-0.3, -0.25) is 4.79 Å². The summed E-state index contributed by atoms with van der Waals surface area (Å²) in [5.41, 5.74) is 0. The minimum absolute atomic E-state index is 0.229. The second kappa shape index (κ2) is 47.7. The highest BCUT2D eigenvalue weighted by Gasteiger charge is 2.53. The quantitative estimate of drug-likeness (QED) is 0.0208. The number of amides is 1. The molecule has 12 N–H and O–H groups in total. The molecule has 490 valence electrons. The minimum Gasteiger partial charge on any atom is -0.394 e. The molecule has 0 aromatic rings. The zero-order valence-corrected chi connectivity index (χ0v) is 51.4. The van der Waals surface area contributed by atoms with E-state index >= 15 is 0 Å². The van der Waals surface area contributed by atoms with Gasteiger partial charge in [-0.15, -0.1) is 0 Å². The van der Waals surface area contributed by atoms with Gasteiger partial charge in [-0.1, -0.05) is 197 Å². The molecule has 1 amide bonds. The van der Waals surface area contributed by atoms with Crippen molar-refractivity contribution in [3.05, 3.63) is 48.6 Å². The molecule has 17 atom stereocenters. The predicted molar refractivity (Wildman–Crippen MR) is 323 cm³/mol. The summed E-state index contributed by atoms with van der Waals surface area (Å²) in [6, 6.07) is -0.998. The number of rotatable bonds is 49. The molecule has 3 saturated heterocycles. The van der Waals surface area contributed by atoms with Crippen LogP contribution in [0, 0.1) is 0 Å². The number of hydrogen-bond acceptors (Lipinski definition) is 18. The van der Waals surface area contributed by atoms with Crippen LogP contribution in [-0.2, 0) is 33.2 Å². The molecule has 0 aliphatic carbocycles. The lowest BCUT2D eigenvalue weighted by molar-refractivity contribution is -0.379. The fourth-order valence-corrected chi connectivity index (χ4v) is 10.9. The number of ether oxygens (including phenoxy) is 6. The topological polar surface area (TPSA) is 307 Å². The Morgan fingerprint density at radius 3 is 1.19 bits per heavy atom. The summed E-state index contributed by atoms with van der Waals surface area (Å²) in [7, 11) is 0. The van der Waals surface area contributed by atoms with Crippen molar-refractivity contribution >= 4 is 5.91 Å².